The summed E-state index contributed by atoms with van der Waals surface area (Å²) >= 11 is 2.07. The summed E-state index contributed by atoms with van der Waals surface area (Å²) in [5, 5.41) is 2.81. The molecule has 0 bridgehead atoms. The van der Waals surface area contributed by atoms with E-state index >= 15 is 0 Å². The normalized spacial score (nSPS) is 22.2. The van der Waals surface area contributed by atoms with Crippen LogP contribution in [0.2, 0.25) is 0 Å². The summed E-state index contributed by atoms with van der Waals surface area (Å²) in [7, 11) is 0. The summed E-state index contributed by atoms with van der Waals surface area (Å²) in [5.74, 6) is 0.507. The Morgan fingerprint density at radius 2 is 1.16 bits per heavy atom. The van der Waals surface area contributed by atoms with Gasteiger partial charge < -0.3 is 14.0 Å². The van der Waals surface area contributed by atoms with Crippen LogP contribution in [0, 0.1) is 0 Å². The Hall–Kier alpha value is -8.05. The van der Waals surface area contributed by atoms with Crippen molar-refractivity contribution in [2.45, 2.75) is 79.3 Å². The zero-order chi connectivity index (χ0) is 51.1. The lowest BCUT2D eigenvalue weighted by Crippen LogP contribution is -2.37. The van der Waals surface area contributed by atoms with Crippen LogP contribution in [-0.2, 0) is 22.7 Å². The van der Waals surface area contributed by atoms with E-state index in [2.05, 4.69) is 297 Å². The van der Waals surface area contributed by atoms with Crippen molar-refractivity contribution in [3.05, 3.63) is 281 Å². The monoisotopic (exact) mass is 997 g/mol. The number of allylic oxidation sites excluding steroid dienone is 5. The molecule has 15 rings (SSSR count). The maximum absolute atomic E-state index is 2.58. The van der Waals surface area contributed by atoms with Gasteiger partial charge in [-0.25, -0.2) is 0 Å². The Morgan fingerprint density at radius 3 is 1.88 bits per heavy atom. The molecular formula is C72H59N3S. The van der Waals surface area contributed by atoms with Gasteiger partial charge in [0.1, 0.15) is 0 Å². The fourth-order valence-electron chi connectivity index (χ4n) is 14.3. The van der Waals surface area contributed by atoms with Crippen LogP contribution in [0.4, 0.5) is 11.4 Å². The zero-order valence-electron chi connectivity index (χ0n) is 43.7. The van der Waals surface area contributed by atoms with Gasteiger partial charge in [-0.05, 0) is 141 Å². The fraction of sp³-hybridized carbons (Fsp3) is 0.167. The Balaban J connectivity index is 0.819. The van der Waals surface area contributed by atoms with E-state index in [1.165, 1.54) is 117 Å². The van der Waals surface area contributed by atoms with Crippen LogP contribution in [-0.4, -0.2) is 14.4 Å². The molecule has 3 nitrogen and oxygen atoms in total. The van der Waals surface area contributed by atoms with E-state index in [9.17, 15) is 0 Å². The van der Waals surface area contributed by atoms with E-state index in [-0.39, 0.29) is 33.3 Å². The number of nitrogens with zero attached hydrogens (tertiary/aromatic N) is 3. The van der Waals surface area contributed by atoms with Crippen molar-refractivity contribution in [3.63, 3.8) is 0 Å². The topological polar surface area (TPSA) is 13.1 Å². The largest absolute Gasteiger partial charge is 0.313 e. The first-order chi connectivity index (χ1) is 37.1. The molecule has 0 N–H and O–H groups in total. The standard InChI is InChI=1S/C72H59N3S/c1-46-53(38-41-64-66(46)56-25-14-17-28-62(56)75(64)50-21-10-7-11-22-50)47-30-34-51(35-31-47)73(65-29-18-43-72(5)60-40-39-59-67(68(60)76-69(65)72)55-24-12-15-26-58(55)70(59,2)3)52-36-32-48(33-37-52)71(4)44-42-63-57(45-71)54-23-13-16-27-61(54)74(63)49-19-8-6-9-20-49/h6-44,46,53,69H,45H2,1-5H3. The number of anilines is 2. The molecule has 10 aromatic rings. The number of para-hydroxylation sites is 4. The van der Waals surface area contributed by atoms with Gasteiger partial charge >= 0.3 is 0 Å². The van der Waals surface area contributed by atoms with Crippen molar-refractivity contribution in [2.75, 3.05) is 4.90 Å². The molecule has 0 spiro atoms. The average Bonchev–Trinajstić information content (AvgIpc) is 4.24. The fourth-order valence-corrected chi connectivity index (χ4v) is 16.0. The van der Waals surface area contributed by atoms with Gasteiger partial charge in [-0.3, -0.25) is 0 Å². The quantitative estimate of drug-likeness (QED) is 0.158. The maximum atomic E-state index is 2.58. The number of hydrogen-bond donors (Lipinski definition) is 0. The Labute approximate surface area is 450 Å². The average molecular weight is 998 g/mol. The highest BCUT2D eigenvalue weighted by molar-refractivity contribution is 8.00. The van der Waals surface area contributed by atoms with Crippen LogP contribution >= 0.6 is 11.8 Å². The summed E-state index contributed by atoms with van der Waals surface area (Å²) in [6.07, 6.45) is 17.8. The van der Waals surface area contributed by atoms with Crippen molar-refractivity contribution in [3.8, 4) is 22.5 Å². The predicted molar refractivity (Wildman–Crippen MR) is 320 cm³/mol. The van der Waals surface area contributed by atoms with Crippen LogP contribution in [0.1, 0.15) is 96.8 Å². The molecule has 0 amide bonds. The van der Waals surface area contributed by atoms with Crippen molar-refractivity contribution < 1.29 is 0 Å². The minimum atomic E-state index is -0.213. The van der Waals surface area contributed by atoms with E-state index in [0.717, 1.165) is 6.42 Å². The number of aromatic nitrogens is 2. The molecule has 0 saturated heterocycles. The molecule has 8 aromatic carbocycles. The molecule has 0 radical (unpaired) electrons. The molecule has 5 aliphatic rings. The van der Waals surface area contributed by atoms with Crippen LogP contribution in [0.3, 0.4) is 0 Å². The van der Waals surface area contributed by atoms with Gasteiger partial charge in [0.05, 0.1) is 22.0 Å². The van der Waals surface area contributed by atoms with E-state index in [0.29, 0.717) is 0 Å². The molecule has 76 heavy (non-hydrogen) atoms. The number of fused-ring (bicyclic) bond motifs is 13. The SMILES string of the molecule is CC1c2c(n(-c3ccccc3)c3ccccc23)C=CC1c1ccc(N(C2=CC=CC3(C)c4ccc5c(c4SC23)-c2ccccc2C5(C)C)c2ccc(C3(C)C=Cc4c(c5ccccc5n4-c4ccccc4)C3)cc2)cc1. The lowest BCUT2D eigenvalue weighted by atomic mass is 9.73. The Kier molecular flexibility index (Phi) is 9.98. The first-order valence-corrected chi connectivity index (χ1v) is 28.1. The van der Waals surface area contributed by atoms with Gasteiger partial charge in [-0.2, -0.15) is 0 Å². The second kappa shape index (κ2) is 16.7. The smallest absolute Gasteiger partial charge is 0.0630 e. The summed E-state index contributed by atoms with van der Waals surface area (Å²) in [4.78, 5) is 4.01. The van der Waals surface area contributed by atoms with Gasteiger partial charge in [0.15, 0.2) is 0 Å². The molecular weight excluding hydrogens is 939 g/mol. The summed E-state index contributed by atoms with van der Waals surface area (Å²) in [6.45, 7) is 12.1. The second-order valence-corrected chi connectivity index (χ2v) is 24.0. The number of thioether (sulfide) groups is 1. The summed E-state index contributed by atoms with van der Waals surface area (Å²) in [6, 6.07) is 72.7. The van der Waals surface area contributed by atoms with Crippen LogP contribution in [0.5, 0.6) is 0 Å². The zero-order valence-corrected chi connectivity index (χ0v) is 44.5. The third kappa shape index (κ3) is 6.50. The molecule has 5 atom stereocenters. The van der Waals surface area contributed by atoms with Crippen molar-refractivity contribution in [1.82, 2.24) is 9.13 Å². The van der Waals surface area contributed by atoms with Gasteiger partial charge in [0, 0.05) is 72.0 Å². The van der Waals surface area contributed by atoms with Gasteiger partial charge in [0.2, 0.25) is 0 Å². The van der Waals surface area contributed by atoms with Gasteiger partial charge in [0.25, 0.3) is 0 Å². The Morgan fingerprint density at radius 1 is 0.553 bits per heavy atom. The summed E-state index contributed by atoms with van der Waals surface area (Å²) < 4.78 is 4.88. The lowest BCUT2D eigenvalue weighted by Gasteiger charge is -2.39. The van der Waals surface area contributed by atoms with E-state index in [1.54, 1.807) is 0 Å². The third-order valence-electron chi connectivity index (χ3n) is 18.2. The first-order valence-electron chi connectivity index (χ1n) is 27.2. The summed E-state index contributed by atoms with van der Waals surface area (Å²) in [5.41, 5.74) is 23.2. The van der Waals surface area contributed by atoms with Crippen molar-refractivity contribution in [1.29, 1.82) is 0 Å². The number of benzene rings is 8. The molecule has 1 aliphatic heterocycles. The molecule has 368 valence electrons. The van der Waals surface area contributed by atoms with E-state index in [1.807, 2.05) is 0 Å². The predicted octanol–water partition coefficient (Wildman–Crippen LogP) is 18.3. The molecule has 2 aromatic heterocycles. The first kappa shape index (κ1) is 45.4. The highest BCUT2D eigenvalue weighted by Crippen LogP contribution is 2.62. The molecule has 4 heteroatoms. The van der Waals surface area contributed by atoms with Crippen molar-refractivity contribution >= 4 is 57.1 Å². The number of rotatable bonds is 7. The van der Waals surface area contributed by atoms with Crippen LogP contribution in [0.15, 0.2) is 235 Å². The highest BCUT2D eigenvalue weighted by Gasteiger charge is 2.50. The van der Waals surface area contributed by atoms with E-state index in [4.69, 9.17) is 0 Å². The molecule has 4 aliphatic carbocycles. The van der Waals surface area contributed by atoms with Crippen LogP contribution < -0.4 is 4.90 Å². The molecule has 0 fully saturated rings. The third-order valence-corrected chi connectivity index (χ3v) is 19.9. The van der Waals surface area contributed by atoms with Gasteiger partial charge in [-0.1, -0.05) is 192 Å². The number of hydrogen-bond acceptors (Lipinski definition) is 2. The highest BCUT2D eigenvalue weighted by atomic mass is 32.2. The Bertz CT molecular complexity index is 4130. The van der Waals surface area contributed by atoms with Crippen molar-refractivity contribution in [2.24, 2.45) is 0 Å². The molecule has 0 saturated carbocycles. The minimum absolute atomic E-state index is 0.0591. The second-order valence-electron chi connectivity index (χ2n) is 22.9. The molecule has 5 unspecified atom stereocenters. The lowest BCUT2D eigenvalue weighted by molar-refractivity contribution is 0.587. The minimum Gasteiger partial charge on any atom is -0.313 e. The molecule has 3 heterocycles. The maximum Gasteiger partial charge on any atom is 0.0630 e. The van der Waals surface area contributed by atoms with Crippen LogP contribution in [0.25, 0.3) is 56.5 Å². The van der Waals surface area contributed by atoms with Gasteiger partial charge in [-0.15, -0.1) is 11.8 Å². The van der Waals surface area contributed by atoms with E-state index < -0.39 is 0 Å².